The number of fused-ring (bicyclic) bond motifs is 1. The zero-order valence-corrected chi connectivity index (χ0v) is 12.4. The lowest BCUT2D eigenvalue weighted by Gasteiger charge is -2.11. The molecular formula is C15H13N4O5-. The number of nitrogens with one attached hydrogen (secondary N) is 2. The molecule has 1 aromatic heterocycles. The Labute approximate surface area is 135 Å². The summed E-state index contributed by atoms with van der Waals surface area (Å²) < 4.78 is 0.670. The van der Waals surface area contributed by atoms with E-state index < -0.39 is 35.7 Å². The van der Waals surface area contributed by atoms with Crippen molar-refractivity contribution in [1.82, 2.24) is 20.4 Å². The van der Waals surface area contributed by atoms with Crippen LogP contribution < -0.4 is 21.3 Å². The number of nitrogens with zero attached hydrogens (tertiary/aromatic N) is 2. The second-order valence-corrected chi connectivity index (χ2v) is 4.69. The van der Waals surface area contributed by atoms with Crippen LogP contribution in [0.25, 0.3) is 10.8 Å². The maximum absolute atomic E-state index is 12.3. The molecule has 0 unspecified atom stereocenters. The van der Waals surface area contributed by atoms with Crippen molar-refractivity contribution < 1.29 is 19.5 Å². The van der Waals surface area contributed by atoms with Crippen LogP contribution in [-0.2, 0) is 11.3 Å². The highest BCUT2D eigenvalue weighted by atomic mass is 16.4. The van der Waals surface area contributed by atoms with Crippen LogP contribution in [0, 0.1) is 0 Å². The van der Waals surface area contributed by atoms with E-state index in [1.165, 1.54) is 18.2 Å². The third-order valence-electron chi connectivity index (χ3n) is 3.01. The van der Waals surface area contributed by atoms with Crippen molar-refractivity contribution in [2.45, 2.75) is 6.54 Å². The molecule has 3 amide bonds. The van der Waals surface area contributed by atoms with E-state index in [2.05, 4.69) is 17.0 Å². The Bertz CT molecular complexity index is 887. The fraction of sp³-hybridized carbons (Fsp3) is 0.133. The highest BCUT2D eigenvalue weighted by Crippen LogP contribution is 2.12. The molecule has 0 atom stereocenters. The smallest absolute Gasteiger partial charge is 0.321 e. The maximum atomic E-state index is 12.3. The van der Waals surface area contributed by atoms with Crippen LogP contribution in [0.3, 0.4) is 0 Å². The van der Waals surface area contributed by atoms with Gasteiger partial charge in [-0.25, -0.2) is 9.48 Å². The molecule has 2 N–H and O–H groups in total. The summed E-state index contributed by atoms with van der Waals surface area (Å²) in [6.07, 6.45) is 1.42. The van der Waals surface area contributed by atoms with Crippen molar-refractivity contribution in [3.8, 4) is 0 Å². The van der Waals surface area contributed by atoms with E-state index in [1.807, 2.05) is 5.32 Å². The minimum atomic E-state index is -1.58. The molecule has 0 radical (unpaired) electrons. The van der Waals surface area contributed by atoms with E-state index in [1.54, 1.807) is 12.1 Å². The van der Waals surface area contributed by atoms with E-state index in [-0.39, 0.29) is 17.3 Å². The van der Waals surface area contributed by atoms with Gasteiger partial charge in [0, 0.05) is 11.9 Å². The maximum Gasteiger partial charge on any atom is 0.321 e. The normalized spacial score (nSPS) is 10.2. The van der Waals surface area contributed by atoms with Gasteiger partial charge in [0.25, 0.3) is 5.56 Å². The number of amides is 3. The summed E-state index contributed by atoms with van der Waals surface area (Å²) in [6, 6.07) is 5.17. The summed E-state index contributed by atoms with van der Waals surface area (Å²) in [5.74, 6) is -2.41. The predicted octanol–water partition coefficient (Wildman–Crippen LogP) is -1.23. The average molecular weight is 329 g/mol. The molecule has 9 nitrogen and oxygen atoms in total. The first kappa shape index (κ1) is 16.9. The molecule has 0 aliphatic rings. The largest absolute Gasteiger partial charge is 0.543 e. The number of aromatic nitrogens is 2. The fourth-order valence-corrected chi connectivity index (χ4v) is 2.00. The number of hydrogen-bond donors (Lipinski definition) is 2. The number of imide groups is 1. The van der Waals surface area contributed by atoms with Gasteiger partial charge >= 0.3 is 6.03 Å². The lowest BCUT2D eigenvalue weighted by Crippen LogP contribution is -2.43. The zero-order chi connectivity index (χ0) is 17.7. The summed E-state index contributed by atoms with van der Waals surface area (Å²) in [6.45, 7) is 2.94. The zero-order valence-electron chi connectivity index (χ0n) is 12.4. The van der Waals surface area contributed by atoms with E-state index in [9.17, 15) is 24.3 Å². The van der Waals surface area contributed by atoms with Crippen LogP contribution in [0.15, 0.2) is 41.7 Å². The van der Waals surface area contributed by atoms with Crippen LogP contribution in [0.4, 0.5) is 4.79 Å². The van der Waals surface area contributed by atoms with Crippen LogP contribution in [0.1, 0.15) is 10.5 Å². The van der Waals surface area contributed by atoms with Crippen LogP contribution in [0.5, 0.6) is 0 Å². The number of carbonyl (C=O) groups excluding carboxylic acids is 3. The fourth-order valence-electron chi connectivity index (χ4n) is 2.00. The van der Waals surface area contributed by atoms with Gasteiger partial charge in [0.05, 0.1) is 11.4 Å². The summed E-state index contributed by atoms with van der Waals surface area (Å²) in [5, 5.41) is 19.3. The van der Waals surface area contributed by atoms with Crippen LogP contribution in [-0.4, -0.2) is 34.2 Å². The number of hydrogen-bond acceptors (Lipinski definition) is 6. The molecule has 0 aliphatic carbocycles. The van der Waals surface area contributed by atoms with Gasteiger partial charge in [-0.1, -0.05) is 24.3 Å². The molecule has 1 aromatic carbocycles. The highest BCUT2D eigenvalue weighted by molar-refractivity contribution is 6.00. The Morgan fingerprint density at radius 1 is 1.25 bits per heavy atom. The molecule has 0 bridgehead atoms. The molecule has 124 valence electrons. The van der Waals surface area contributed by atoms with Crippen molar-refractivity contribution >= 4 is 28.7 Å². The molecule has 0 aliphatic heterocycles. The van der Waals surface area contributed by atoms with Crippen molar-refractivity contribution in [1.29, 1.82) is 0 Å². The lowest BCUT2D eigenvalue weighted by molar-refractivity contribution is -0.255. The predicted molar refractivity (Wildman–Crippen MR) is 82.1 cm³/mol. The van der Waals surface area contributed by atoms with Gasteiger partial charge in [-0.05, 0) is 6.07 Å². The Balaban J connectivity index is 2.32. The Morgan fingerprint density at radius 3 is 2.54 bits per heavy atom. The summed E-state index contributed by atoms with van der Waals surface area (Å²) in [4.78, 5) is 46.7. The van der Waals surface area contributed by atoms with Gasteiger partial charge in [0.1, 0.15) is 12.2 Å². The monoisotopic (exact) mass is 329 g/mol. The Morgan fingerprint density at radius 2 is 1.92 bits per heavy atom. The first-order valence-corrected chi connectivity index (χ1v) is 6.84. The van der Waals surface area contributed by atoms with Crippen LogP contribution in [0.2, 0.25) is 0 Å². The second-order valence-electron chi connectivity index (χ2n) is 4.69. The summed E-state index contributed by atoms with van der Waals surface area (Å²) >= 11 is 0. The number of carboxylic acids is 1. The molecule has 0 spiro atoms. The average Bonchev–Trinajstić information content (AvgIpc) is 2.55. The Kier molecular flexibility index (Phi) is 5.05. The van der Waals surface area contributed by atoms with Crippen molar-refractivity contribution in [2.75, 3.05) is 6.54 Å². The molecule has 2 aromatic rings. The minimum Gasteiger partial charge on any atom is -0.543 e. The molecule has 0 saturated carbocycles. The third-order valence-corrected chi connectivity index (χ3v) is 3.01. The summed E-state index contributed by atoms with van der Waals surface area (Å²) in [7, 11) is 0. The molecule has 2 rings (SSSR count). The molecule has 1 heterocycles. The quantitative estimate of drug-likeness (QED) is 0.660. The van der Waals surface area contributed by atoms with Gasteiger partial charge in [-0.2, -0.15) is 5.10 Å². The number of rotatable bonds is 5. The molecular weight excluding hydrogens is 316 g/mol. The third kappa shape index (κ3) is 3.64. The first-order valence-electron chi connectivity index (χ1n) is 6.84. The molecule has 0 saturated heterocycles. The standard InChI is InChI=1S/C15H14N4O5/c1-2-7-16-15(24)17-11(20)8-19-13(21)10-6-4-3-5-9(10)12(18-19)14(22)23/h2-6H,1,7-8H2,(H,22,23)(H2,16,17,20,24)/p-1. The van der Waals surface area contributed by atoms with Gasteiger partial charge in [0.2, 0.25) is 5.91 Å². The van der Waals surface area contributed by atoms with Gasteiger partial charge in [-0.3, -0.25) is 14.9 Å². The number of benzene rings is 1. The van der Waals surface area contributed by atoms with Crippen LogP contribution >= 0.6 is 0 Å². The first-order chi connectivity index (χ1) is 11.4. The van der Waals surface area contributed by atoms with E-state index >= 15 is 0 Å². The number of aromatic carboxylic acids is 1. The van der Waals surface area contributed by atoms with Gasteiger partial charge in [0.15, 0.2) is 0 Å². The van der Waals surface area contributed by atoms with Crippen molar-refractivity contribution in [2.24, 2.45) is 0 Å². The highest BCUT2D eigenvalue weighted by Gasteiger charge is 2.14. The van der Waals surface area contributed by atoms with E-state index in [0.717, 1.165) is 0 Å². The minimum absolute atomic E-state index is 0.0793. The summed E-state index contributed by atoms with van der Waals surface area (Å²) in [5.41, 5.74) is -1.12. The number of urea groups is 1. The second kappa shape index (κ2) is 7.18. The molecule has 0 fully saturated rings. The van der Waals surface area contributed by atoms with E-state index in [4.69, 9.17) is 0 Å². The van der Waals surface area contributed by atoms with Gasteiger partial charge < -0.3 is 15.2 Å². The number of carbonyl (C=O) groups is 3. The number of carboxylic acid groups (broad SMARTS) is 1. The van der Waals surface area contributed by atoms with Crippen molar-refractivity contribution in [3.05, 3.63) is 53.0 Å². The molecule has 9 heteroatoms. The topological polar surface area (TPSA) is 133 Å². The Hall–Kier alpha value is -3.49. The van der Waals surface area contributed by atoms with Crippen molar-refractivity contribution in [3.63, 3.8) is 0 Å². The lowest BCUT2D eigenvalue weighted by atomic mass is 10.1. The van der Waals surface area contributed by atoms with E-state index in [0.29, 0.717) is 4.68 Å². The molecule has 24 heavy (non-hydrogen) atoms. The SMILES string of the molecule is C=CCNC(=O)NC(=O)Cn1nc(C(=O)[O-])c2ccccc2c1=O. The van der Waals surface area contributed by atoms with Gasteiger partial charge in [-0.15, -0.1) is 6.58 Å².